The van der Waals surface area contributed by atoms with Crippen LogP contribution in [0, 0.1) is 0 Å². The Bertz CT molecular complexity index is 1150. The van der Waals surface area contributed by atoms with Gasteiger partial charge in [-0.25, -0.2) is 0 Å². The lowest BCUT2D eigenvalue weighted by atomic mass is 10.2. The number of rotatable bonds is 15. The van der Waals surface area contributed by atoms with Crippen LogP contribution in [0.5, 0.6) is 5.75 Å². The normalized spacial score (nSPS) is 10.8. The molecule has 1 aromatic heterocycles. The van der Waals surface area contributed by atoms with Crippen LogP contribution in [0.3, 0.4) is 0 Å². The van der Waals surface area contributed by atoms with Crippen molar-refractivity contribution in [2.45, 2.75) is 32.9 Å². The third-order valence-electron chi connectivity index (χ3n) is 6.10. The average molecular weight is 605 g/mol. The van der Waals surface area contributed by atoms with Gasteiger partial charge in [0.25, 0.3) is 5.91 Å². The van der Waals surface area contributed by atoms with Crippen LogP contribution in [0.2, 0.25) is 5.02 Å². The van der Waals surface area contributed by atoms with Crippen molar-refractivity contribution in [1.29, 1.82) is 0 Å². The third-order valence-corrected chi connectivity index (χ3v) is 6.88. The lowest BCUT2D eigenvalue weighted by Crippen LogP contribution is -2.45. The molecule has 0 saturated heterocycles. The summed E-state index contributed by atoms with van der Waals surface area (Å²) in [5, 5.41) is 0.589. The second-order valence-electron chi connectivity index (χ2n) is 8.97. The summed E-state index contributed by atoms with van der Waals surface area (Å²) >= 11 is 9.40. The Kier molecular flexibility index (Phi) is 12.2. The number of unbranched alkanes of at least 4 members (excludes halogenated alkanes) is 1. The number of halogens is 2. The summed E-state index contributed by atoms with van der Waals surface area (Å²) in [5.41, 5.74) is 2.22. The first-order valence-corrected chi connectivity index (χ1v) is 13.9. The maximum absolute atomic E-state index is 13.5. The zero-order valence-corrected chi connectivity index (χ0v) is 24.3. The molecule has 7 nitrogen and oxygen atoms in total. The summed E-state index contributed by atoms with van der Waals surface area (Å²) in [6.45, 7) is 4.31. The molecule has 9 heteroatoms. The predicted molar refractivity (Wildman–Crippen MR) is 153 cm³/mol. The quantitative estimate of drug-likeness (QED) is 0.225. The van der Waals surface area contributed by atoms with Gasteiger partial charge in [0.15, 0.2) is 6.61 Å². The SMILES string of the molecule is CCCCN(Cc1cccn1Cc1ccc(Br)cc1)C(=O)CN(CCOC)C(=O)COc1ccc(Cl)cc1. The molecule has 204 valence electrons. The largest absolute Gasteiger partial charge is 0.484 e. The van der Waals surface area contributed by atoms with E-state index in [1.54, 1.807) is 31.4 Å². The topological polar surface area (TPSA) is 64.0 Å². The Morgan fingerprint density at radius 3 is 2.39 bits per heavy atom. The van der Waals surface area contributed by atoms with E-state index in [9.17, 15) is 9.59 Å². The van der Waals surface area contributed by atoms with Gasteiger partial charge in [0.1, 0.15) is 5.75 Å². The monoisotopic (exact) mass is 603 g/mol. The molecule has 0 aliphatic heterocycles. The average Bonchev–Trinajstić information content (AvgIpc) is 3.35. The molecule has 0 atom stereocenters. The van der Waals surface area contributed by atoms with Crippen LogP contribution in [0.4, 0.5) is 0 Å². The standard InChI is InChI=1S/C29H35BrClN3O4/c1-3-4-15-33(20-26-6-5-16-32(26)19-23-7-9-24(30)10-8-23)28(35)21-34(17-18-37-2)29(36)22-38-27-13-11-25(31)12-14-27/h5-14,16H,3-4,15,17-22H2,1-2H3. The minimum Gasteiger partial charge on any atom is -0.484 e. The van der Waals surface area contributed by atoms with Crippen LogP contribution >= 0.6 is 27.5 Å². The smallest absolute Gasteiger partial charge is 0.261 e. The van der Waals surface area contributed by atoms with Crippen molar-refractivity contribution in [1.82, 2.24) is 14.4 Å². The minimum atomic E-state index is -0.278. The van der Waals surface area contributed by atoms with Crippen molar-refractivity contribution in [2.75, 3.05) is 40.0 Å². The molecule has 0 radical (unpaired) electrons. The van der Waals surface area contributed by atoms with E-state index in [1.165, 1.54) is 10.5 Å². The minimum absolute atomic E-state index is 0.0384. The Morgan fingerprint density at radius 1 is 0.974 bits per heavy atom. The molecule has 2 amide bonds. The predicted octanol–water partition coefficient (Wildman–Crippen LogP) is 5.64. The van der Waals surface area contributed by atoms with E-state index in [4.69, 9.17) is 21.1 Å². The van der Waals surface area contributed by atoms with Crippen molar-refractivity contribution in [3.05, 3.63) is 87.6 Å². The van der Waals surface area contributed by atoms with E-state index < -0.39 is 0 Å². The van der Waals surface area contributed by atoms with Crippen molar-refractivity contribution in [2.24, 2.45) is 0 Å². The third kappa shape index (κ3) is 9.49. The maximum atomic E-state index is 13.5. The highest BCUT2D eigenvalue weighted by Gasteiger charge is 2.22. The van der Waals surface area contributed by atoms with Crippen molar-refractivity contribution in [3.8, 4) is 5.75 Å². The number of aromatic nitrogens is 1. The van der Waals surface area contributed by atoms with Crippen LogP contribution in [-0.2, 0) is 27.4 Å². The number of carbonyl (C=O) groups excluding carboxylic acids is 2. The Balaban J connectivity index is 1.67. The Morgan fingerprint density at radius 2 is 1.71 bits per heavy atom. The fourth-order valence-corrected chi connectivity index (χ4v) is 4.28. The van der Waals surface area contributed by atoms with E-state index in [1.807, 2.05) is 35.4 Å². The maximum Gasteiger partial charge on any atom is 0.261 e. The molecular formula is C29H35BrClN3O4. The fraction of sp³-hybridized carbons (Fsp3) is 0.379. The molecule has 2 aromatic carbocycles. The molecule has 0 aliphatic carbocycles. The summed E-state index contributed by atoms with van der Waals surface area (Å²) in [7, 11) is 1.57. The zero-order chi connectivity index (χ0) is 27.3. The van der Waals surface area contributed by atoms with Crippen LogP contribution in [0.15, 0.2) is 71.3 Å². The molecule has 3 aromatic rings. The van der Waals surface area contributed by atoms with Gasteiger partial charge in [-0.05, 0) is 60.5 Å². The molecule has 0 fully saturated rings. The molecular weight excluding hydrogens is 570 g/mol. The summed E-state index contributed by atoms with van der Waals surface area (Å²) in [6, 6.07) is 19.1. The second kappa shape index (κ2) is 15.6. The van der Waals surface area contributed by atoms with E-state index in [-0.39, 0.29) is 25.0 Å². The number of benzene rings is 2. The molecule has 1 heterocycles. The molecule has 38 heavy (non-hydrogen) atoms. The lowest BCUT2D eigenvalue weighted by molar-refractivity contribution is -0.142. The van der Waals surface area contributed by atoms with Crippen LogP contribution < -0.4 is 4.74 Å². The molecule has 0 N–H and O–H groups in total. The lowest BCUT2D eigenvalue weighted by Gasteiger charge is -2.28. The molecule has 0 aliphatic rings. The van der Waals surface area contributed by atoms with Gasteiger partial charge >= 0.3 is 0 Å². The molecule has 0 spiro atoms. The summed E-state index contributed by atoms with van der Waals surface area (Å²) in [4.78, 5) is 29.8. The fourth-order valence-electron chi connectivity index (χ4n) is 3.89. The first-order chi connectivity index (χ1) is 18.4. The number of nitrogens with zero attached hydrogens (tertiary/aromatic N) is 3. The first kappa shape index (κ1) is 29.7. The van der Waals surface area contributed by atoms with Crippen LogP contribution in [0.1, 0.15) is 31.0 Å². The molecule has 3 rings (SSSR count). The van der Waals surface area contributed by atoms with Gasteiger partial charge in [-0.15, -0.1) is 0 Å². The molecule has 0 bridgehead atoms. The Labute approximate surface area is 238 Å². The van der Waals surface area contributed by atoms with Gasteiger partial charge in [-0.1, -0.05) is 53.0 Å². The molecule has 0 unspecified atom stereocenters. The van der Waals surface area contributed by atoms with Crippen molar-refractivity contribution in [3.63, 3.8) is 0 Å². The van der Waals surface area contributed by atoms with Crippen molar-refractivity contribution >= 4 is 39.3 Å². The highest BCUT2D eigenvalue weighted by atomic mass is 79.9. The number of hydrogen-bond acceptors (Lipinski definition) is 4. The second-order valence-corrected chi connectivity index (χ2v) is 10.3. The highest BCUT2D eigenvalue weighted by Crippen LogP contribution is 2.17. The van der Waals surface area contributed by atoms with E-state index in [0.717, 1.165) is 23.0 Å². The van der Waals surface area contributed by atoms with E-state index in [2.05, 4.69) is 39.6 Å². The van der Waals surface area contributed by atoms with Gasteiger partial charge in [0.05, 0.1) is 19.7 Å². The van der Waals surface area contributed by atoms with Gasteiger partial charge < -0.3 is 23.8 Å². The highest BCUT2D eigenvalue weighted by molar-refractivity contribution is 9.10. The summed E-state index contributed by atoms with van der Waals surface area (Å²) in [5.74, 6) is 0.155. The van der Waals surface area contributed by atoms with E-state index >= 15 is 0 Å². The number of methoxy groups -OCH3 is 1. The summed E-state index contributed by atoms with van der Waals surface area (Å²) < 4.78 is 14.0. The number of ether oxygens (including phenoxy) is 2. The van der Waals surface area contributed by atoms with E-state index in [0.29, 0.717) is 43.6 Å². The van der Waals surface area contributed by atoms with Gasteiger partial charge in [-0.3, -0.25) is 9.59 Å². The number of carbonyl (C=O) groups is 2. The first-order valence-electron chi connectivity index (χ1n) is 12.7. The van der Waals surface area contributed by atoms with Crippen molar-refractivity contribution < 1.29 is 19.1 Å². The number of amides is 2. The van der Waals surface area contributed by atoms with Gasteiger partial charge in [0.2, 0.25) is 5.91 Å². The molecule has 0 saturated carbocycles. The van der Waals surface area contributed by atoms with Gasteiger partial charge in [-0.2, -0.15) is 0 Å². The van der Waals surface area contributed by atoms with Crippen LogP contribution in [0.25, 0.3) is 0 Å². The van der Waals surface area contributed by atoms with Gasteiger partial charge in [0, 0.05) is 48.1 Å². The Hall–Kier alpha value is -2.81. The summed E-state index contributed by atoms with van der Waals surface area (Å²) in [6.07, 6.45) is 3.87. The van der Waals surface area contributed by atoms with Crippen LogP contribution in [-0.4, -0.2) is 66.1 Å². The number of hydrogen-bond donors (Lipinski definition) is 0. The zero-order valence-electron chi connectivity index (χ0n) is 21.9.